The Balaban J connectivity index is 3.16. The van der Waals surface area contributed by atoms with Crippen LogP contribution in [0, 0.1) is 0 Å². The molecule has 2 N–H and O–H groups in total. The summed E-state index contributed by atoms with van der Waals surface area (Å²) in [7, 11) is 0. The summed E-state index contributed by atoms with van der Waals surface area (Å²) in [6, 6.07) is -1.15. The Labute approximate surface area is 52.0 Å². The van der Waals surface area contributed by atoms with Crippen LogP contribution < -0.4 is 5.73 Å². The Bertz CT molecular complexity index is 67.2. The average Bonchev–Trinajstić information content (AvgIpc) is 1.82. The van der Waals surface area contributed by atoms with Crippen LogP contribution in [0.1, 0.15) is 12.8 Å². The number of nitrogens with two attached hydrogens (primary N) is 1. The Morgan fingerprint density at radius 1 is 1.33 bits per heavy atom. The lowest BCUT2D eigenvalue weighted by Crippen LogP contribution is -2.28. The lowest BCUT2D eigenvalue weighted by Gasteiger charge is -2.06. The molecule has 0 aliphatic heterocycles. The van der Waals surface area contributed by atoms with Crippen molar-refractivity contribution >= 4 is 0 Å². The first-order chi connectivity index (χ1) is 4.18. The van der Waals surface area contributed by atoms with Crippen LogP contribution in [-0.4, -0.2) is 19.1 Å². The molecule has 0 rings (SSSR count). The Morgan fingerprint density at radius 3 is 2.22 bits per heavy atom. The lowest BCUT2D eigenvalue weighted by atomic mass is 10.2. The molecule has 0 amide bonds. The van der Waals surface area contributed by atoms with Crippen molar-refractivity contribution in [3.8, 4) is 0 Å². The molecule has 0 aliphatic rings. The van der Waals surface area contributed by atoms with Crippen molar-refractivity contribution in [2.45, 2.75) is 25.3 Å². The molecule has 0 saturated carbocycles. The quantitative estimate of drug-likeness (QED) is 0.628. The molecule has 0 spiro atoms. The summed E-state index contributed by atoms with van der Waals surface area (Å²) in [5, 5.41) is 0. The van der Waals surface area contributed by atoms with Gasteiger partial charge in [0.15, 0.2) is 0 Å². The largest absolute Gasteiger partial charge is 0.323 e. The van der Waals surface area contributed by atoms with Crippen molar-refractivity contribution in [3.05, 3.63) is 0 Å². The molecular weight excluding hydrogens is 131 g/mol. The highest BCUT2D eigenvalue weighted by Crippen LogP contribution is 2.04. The van der Waals surface area contributed by atoms with Gasteiger partial charge in [-0.15, -0.1) is 0 Å². The van der Waals surface area contributed by atoms with Crippen molar-refractivity contribution in [2.75, 3.05) is 6.67 Å². The summed E-state index contributed by atoms with van der Waals surface area (Å²) < 4.78 is 34.3. The predicted octanol–water partition coefficient (Wildman–Crippen LogP) is 1.33. The monoisotopic (exact) mass is 141 g/mol. The van der Waals surface area contributed by atoms with E-state index in [2.05, 4.69) is 0 Å². The topological polar surface area (TPSA) is 26.0 Å². The first-order valence-corrected chi connectivity index (χ1v) is 2.78. The third kappa shape index (κ3) is 4.27. The number of hydrogen-bond donors (Lipinski definition) is 1. The first-order valence-electron chi connectivity index (χ1n) is 2.78. The molecule has 0 heterocycles. The van der Waals surface area contributed by atoms with E-state index in [4.69, 9.17) is 5.73 Å². The van der Waals surface area contributed by atoms with E-state index in [1.807, 2.05) is 0 Å². The SMILES string of the molecule is NC(CCCF)C(F)F. The van der Waals surface area contributed by atoms with E-state index in [1.165, 1.54) is 0 Å². The van der Waals surface area contributed by atoms with E-state index in [-0.39, 0.29) is 12.8 Å². The van der Waals surface area contributed by atoms with Crippen LogP contribution in [0.25, 0.3) is 0 Å². The third-order valence-corrected chi connectivity index (χ3v) is 0.995. The normalized spacial score (nSPS) is 14.3. The van der Waals surface area contributed by atoms with Gasteiger partial charge >= 0.3 is 0 Å². The van der Waals surface area contributed by atoms with Crippen LogP contribution in [-0.2, 0) is 0 Å². The van der Waals surface area contributed by atoms with Crippen LogP contribution in [0.2, 0.25) is 0 Å². The molecule has 0 aromatic heterocycles. The maximum atomic E-state index is 11.5. The average molecular weight is 141 g/mol. The molecule has 0 aromatic rings. The van der Waals surface area contributed by atoms with Crippen molar-refractivity contribution in [2.24, 2.45) is 5.73 Å². The Kier molecular flexibility index (Phi) is 4.48. The third-order valence-electron chi connectivity index (χ3n) is 0.995. The fraction of sp³-hybridized carbons (Fsp3) is 1.00. The van der Waals surface area contributed by atoms with Crippen LogP contribution >= 0.6 is 0 Å². The molecule has 1 unspecified atom stereocenters. The van der Waals surface area contributed by atoms with Gasteiger partial charge in [-0.2, -0.15) is 0 Å². The smallest absolute Gasteiger partial charge is 0.253 e. The van der Waals surface area contributed by atoms with Crippen LogP contribution in [0.4, 0.5) is 13.2 Å². The number of hydrogen-bond acceptors (Lipinski definition) is 1. The van der Waals surface area contributed by atoms with Gasteiger partial charge in [0, 0.05) is 0 Å². The second-order valence-electron chi connectivity index (χ2n) is 1.83. The molecule has 0 bridgehead atoms. The fourth-order valence-corrected chi connectivity index (χ4v) is 0.439. The molecule has 0 radical (unpaired) electrons. The van der Waals surface area contributed by atoms with Gasteiger partial charge in [0.05, 0.1) is 12.7 Å². The minimum atomic E-state index is -2.52. The zero-order valence-electron chi connectivity index (χ0n) is 4.99. The summed E-state index contributed by atoms with van der Waals surface area (Å²) in [6.45, 7) is -0.569. The van der Waals surface area contributed by atoms with Crippen LogP contribution in [0.15, 0.2) is 0 Å². The van der Waals surface area contributed by atoms with E-state index in [0.717, 1.165) is 0 Å². The van der Waals surface area contributed by atoms with Crippen molar-refractivity contribution < 1.29 is 13.2 Å². The highest BCUT2D eigenvalue weighted by atomic mass is 19.3. The molecule has 56 valence electrons. The van der Waals surface area contributed by atoms with Crippen LogP contribution in [0.5, 0.6) is 0 Å². The maximum absolute atomic E-state index is 11.5. The molecule has 1 nitrogen and oxygen atoms in total. The van der Waals surface area contributed by atoms with Gasteiger partial charge in [-0.05, 0) is 12.8 Å². The molecule has 4 heteroatoms. The van der Waals surface area contributed by atoms with Gasteiger partial charge in [0.1, 0.15) is 0 Å². The van der Waals surface area contributed by atoms with Gasteiger partial charge in [0.2, 0.25) is 0 Å². The highest BCUT2D eigenvalue weighted by molar-refractivity contribution is 4.62. The minimum absolute atomic E-state index is 0.0637. The predicted molar refractivity (Wildman–Crippen MR) is 29.2 cm³/mol. The zero-order valence-corrected chi connectivity index (χ0v) is 4.99. The molecule has 0 saturated heterocycles. The Morgan fingerprint density at radius 2 is 1.89 bits per heavy atom. The zero-order chi connectivity index (χ0) is 7.28. The van der Waals surface area contributed by atoms with E-state index in [0.29, 0.717) is 0 Å². The van der Waals surface area contributed by atoms with Crippen molar-refractivity contribution in [1.82, 2.24) is 0 Å². The number of halogens is 3. The highest BCUT2D eigenvalue weighted by Gasteiger charge is 2.13. The second kappa shape index (κ2) is 4.61. The summed E-state index contributed by atoms with van der Waals surface area (Å²) in [6.07, 6.45) is -2.32. The standard InChI is InChI=1S/C5H10F3N/c6-3-1-2-4(9)5(7)8/h4-5H,1-3,9H2. The van der Waals surface area contributed by atoms with Crippen molar-refractivity contribution in [1.29, 1.82) is 0 Å². The number of alkyl halides is 3. The molecule has 0 aliphatic carbocycles. The van der Waals surface area contributed by atoms with E-state index in [1.54, 1.807) is 0 Å². The fourth-order valence-electron chi connectivity index (χ4n) is 0.439. The molecule has 0 fully saturated rings. The minimum Gasteiger partial charge on any atom is -0.323 e. The maximum Gasteiger partial charge on any atom is 0.253 e. The Hall–Kier alpha value is -0.250. The lowest BCUT2D eigenvalue weighted by molar-refractivity contribution is 0.110. The first kappa shape index (κ1) is 8.75. The van der Waals surface area contributed by atoms with E-state index in [9.17, 15) is 13.2 Å². The summed E-state index contributed by atoms with van der Waals surface area (Å²) >= 11 is 0. The molecule has 9 heavy (non-hydrogen) atoms. The van der Waals surface area contributed by atoms with Gasteiger partial charge in [-0.25, -0.2) is 8.78 Å². The van der Waals surface area contributed by atoms with E-state index >= 15 is 0 Å². The summed E-state index contributed by atoms with van der Waals surface area (Å²) in [5.74, 6) is 0. The summed E-state index contributed by atoms with van der Waals surface area (Å²) in [4.78, 5) is 0. The second-order valence-corrected chi connectivity index (χ2v) is 1.83. The molecule has 1 atom stereocenters. The number of rotatable bonds is 4. The molecule has 0 aromatic carbocycles. The van der Waals surface area contributed by atoms with Crippen molar-refractivity contribution in [3.63, 3.8) is 0 Å². The van der Waals surface area contributed by atoms with Gasteiger partial charge in [-0.1, -0.05) is 0 Å². The van der Waals surface area contributed by atoms with E-state index < -0.39 is 19.1 Å². The molecular formula is C5H10F3N. The summed E-state index contributed by atoms with van der Waals surface area (Å²) in [5.41, 5.74) is 4.89. The van der Waals surface area contributed by atoms with Gasteiger partial charge in [-0.3, -0.25) is 4.39 Å². The van der Waals surface area contributed by atoms with Gasteiger partial charge in [0.25, 0.3) is 6.43 Å². The van der Waals surface area contributed by atoms with Gasteiger partial charge < -0.3 is 5.73 Å². The van der Waals surface area contributed by atoms with Crippen LogP contribution in [0.3, 0.4) is 0 Å².